The Kier molecular flexibility index (Phi) is 7.14. The quantitative estimate of drug-likeness (QED) is 0.330. The van der Waals surface area contributed by atoms with Crippen molar-refractivity contribution in [3.63, 3.8) is 0 Å². The zero-order chi connectivity index (χ0) is 24.1. The van der Waals surface area contributed by atoms with Gasteiger partial charge in [-0.2, -0.15) is 0 Å². The van der Waals surface area contributed by atoms with E-state index < -0.39 is 17.3 Å². The van der Waals surface area contributed by atoms with Crippen molar-refractivity contribution < 1.29 is 18.8 Å². The van der Waals surface area contributed by atoms with E-state index in [1.54, 1.807) is 36.4 Å². The summed E-state index contributed by atoms with van der Waals surface area (Å²) in [5.41, 5.74) is 0.259. The summed E-state index contributed by atoms with van der Waals surface area (Å²) in [6.07, 6.45) is 0.827. The van der Waals surface area contributed by atoms with Gasteiger partial charge in [-0.25, -0.2) is 4.39 Å². The number of benzene rings is 2. The SMILES string of the molecule is O=C(NCCNC(=O)C1(NC(=O)c2cc3cc(F)ccc3[nH]2)CCNCC1)c1ccc(Cl)cc1. The van der Waals surface area contributed by atoms with Crippen LogP contribution < -0.4 is 21.3 Å². The first kappa shape index (κ1) is 23.7. The van der Waals surface area contributed by atoms with Gasteiger partial charge in [0.05, 0.1) is 0 Å². The topological polar surface area (TPSA) is 115 Å². The second kappa shape index (κ2) is 10.2. The van der Waals surface area contributed by atoms with E-state index in [1.807, 2.05) is 0 Å². The molecule has 0 unspecified atom stereocenters. The second-order valence-electron chi connectivity index (χ2n) is 8.22. The number of halogens is 2. The summed E-state index contributed by atoms with van der Waals surface area (Å²) in [5.74, 6) is -1.42. The molecule has 5 N–H and O–H groups in total. The Morgan fingerprint density at radius 2 is 1.65 bits per heavy atom. The average Bonchev–Trinajstić information content (AvgIpc) is 3.26. The van der Waals surface area contributed by atoms with Crippen molar-refractivity contribution in [3.05, 3.63) is 70.6 Å². The molecule has 3 aromatic rings. The number of nitrogens with one attached hydrogen (secondary N) is 5. The minimum absolute atomic E-state index is 0.203. The van der Waals surface area contributed by atoms with E-state index in [4.69, 9.17) is 11.6 Å². The maximum Gasteiger partial charge on any atom is 0.268 e. The standard InChI is InChI=1S/C24H25ClFN5O3/c25-17-3-1-15(2-4-17)21(32)28-11-12-29-23(34)24(7-9-27-10-8-24)31-22(33)20-14-16-13-18(26)5-6-19(16)30-20/h1-6,13-14,27,30H,7-12H2,(H,28,32)(H,29,34)(H,31,33). The molecule has 0 bridgehead atoms. The lowest BCUT2D eigenvalue weighted by atomic mass is 9.87. The smallest absolute Gasteiger partial charge is 0.268 e. The van der Waals surface area contributed by atoms with Crippen LogP contribution in [0.4, 0.5) is 4.39 Å². The van der Waals surface area contributed by atoms with Crippen molar-refractivity contribution in [1.29, 1.82) is 0 Å². The van der Waals surface area contributed by atoms with Gasteiger partial charge in [-0.15, -0.1) is 0 Å². The number of H-pyrrole nitrogens is 1. The van der Waals surface area contributed by atoms with Crippen LogP contribution >= 0.6 is 11.6 Å². The van der Waals surface area contributed by atoms with Gasteiger partial charge in [0.25, 0.3) is 11.8 Å². The molecule has 2 aromatic carbocycles. The van der Waals surface area contributed by atoms with Crippen molar-refractivity contribution in [2.24, 2.45) is 0 Å². The van der Waals surface area contributed by atoms with Crippen molar-refractivity contribution in [3.8, 4) is 0 Å². The molecule has 8 nitrogen and oxygen atoms in total. The van der Waals surface area contributed by atoms with Gasteiger partial charge in [0.1, 0.15) is 17.1 Å². The first-order valence-corrected chi connectivity index (χ1v) is 11.4. The van der Waals surface area contributed by atoms with E-state index in [9.17, 15) is 18.8 Å². The lowest BCUT2D eigenvalue weighted by Gasteiger charge is -2.36. The van der Waals surface area contributed by atoms with Crippen molar-refractivity contribution in [1.82, 2.24) is 26.3 Å². The summed E-state index contributed by atoms with van der Waals surface area (Å²) in [7, 11) is 0. The number of aromatic nitrogens is 1. The first-order valence-electron chi connectivity index (χ1n) is 11.0. The maximum absolute atomic E-state index is 13.5. The molecule has 3 amide bonds. The van der Waals surface area contributed by atoms with Gasteiger partial charge in [0, 0.05) is 34.6 Å². The van der Waals surface area contributed by atoms with Crippen LogP contribution in [0.25, 0.3) is 10.9 Å². The van der Waals surface area contributed by atoms with Crippen LogP contribution in [0.3, 0.4) is 0 Å². The fraction of sp³-hybridized carbons (Fsp3) is 0.292. The summed E-state index contributed by atoms with van der Waals surface area (Å²) < 4.78 is 13.5. The number of rotatable bonds is 7. The van der Waals surface area contributed by atoms with Gasteiger partial charge >= 0.3 is 0 Å². The number of fused-ring (bicyclic) bond motifs is 1. The van der Waals surface area contributed by atoms with Crippen LogP contribution in [-0.4, -0.2) is 54.4 Å². The number of hydrogen-bond donors (Lipinski definition) is 5. The fourth-order valence-corrected chi connectivity index (χ4v) is 4.12. The number of amides is 3. The summed E-state index contributed by atoms with van der Waals surface area (Å²) in [6.45, 7) is 1.57. The molecule has 34 heavy (non-hydrogen) atoms. The summed E-state index contributed by atoms with van der Waals surface area (Å²) in [5, 5.41) is 12.8. The zero-order valence-electron chi connectivity index (χ0n) is 18.3. The minimum atomic E-state index is -1.09. The Bertz CT molecular complexity index is 1210. The Morgan fingerprint density at radius 3 is 2.38 bits per heavy atom. The normalized spacial score (nSPS) is 15.0. The summed E-state index contributed by atoms with van der Waals surface area (Å²) >= 11 is 5.84. The monoisotopic (exact) mass is 485 g/mol. The Balaban J connectivity index is 1.36. The highest BCUT2D eigenvalue weighted by atomic mass is 35.5. The Hall–Kier alpha value is -3.43. The lowest BCUT2D eigenvalue weighted by molar-refractivity contribution is -0.128. The zero-order valence-corrected chi connectivity index (χ0v) is 19.1. The van der Waals surface area contributed by atoms with E-state index in [-0.39, 0.29) is 30.6 Å². The van der Waals surface area contributed by atoms with E-state index in [2.05, 4.69) is 26.3 Å². The summed E-state index contributed by atoms with van der Waals surface area (Å²) in [6, 6.07) is 12.3. The maximum atomic E-state index is 13.5. The molecule has 0 spiro atoms. The van der Waals surface area contributed by atoms with E-state index in [1.165, 1.54) is 12.1 Å². The predicted molar refractivity (Wildman–Crippen MR) is 127 cm³/mol. The number of aromatic amines is 1. The highest BCUT2D eigenvalue weighted by molar-refractivity contribution is 6.30. The lowest BCUT2D eigenvalue weighted by Crippen LogP contribution is -2.63. The molecule has 1 aliphatic rings. The van der Waals surface area contributed by atoms with Crippen LogP contribution in [0.5, 0.6) is 0 Å². The Morgan fingerprint density at radius 1 is 0.941 bits per heavy atom. The van der Waals surface area contributed by atoms with Gasteiger partial charge in [-0.3, -0.25) is 14.4 Å². The number of carbonyl (C=O) groups excluding carboxylic acids is 3. The minimum Gasteiger partial charge on any atom is -0.352 e. The number of hydrogen-bond acceptors (Lipinski definition) is 4. The molecule has 178 valence electrons. The molecule has 1 saturated heterocycles. The predicted octanol–water partition coefficient (Wildman–Crippen LogP) is 2.36. The molecule has 10 heteroatoms. The van der Waals surface area contributed by atoms with Crippen molar-refractivity contribution in [2.45, 2.75) is 18.4 Å². The third-order valence-corrected chi connectivity index (χ3v) is 6.13. The van der Waals surface area contributed by atoms with Crippen LogP contribution in [0.1, 0.15) is 33.7 Å². The molecule has 0 aliphatic carbocycles. The van der Waals surface area contributed by atoms with E-state index >= 15 is 0 Å². The van der Waals surface area contributed by atoms with Crippen LogP contribution in [0.2, 0.25) is 5.02 Å². The third-order valence-electron chi connectivity index (χ3n) is 5.87. The number of carbonyl (C=O) groups is 3. The van der Waals surface area contributed by atoms with Crippen LogP contribution in [0.15, 0.2) is 48.5 Å². The molecule has 0 radical (unpaired) electrons. The van der Waals surface area contributed by atoms with Gasteiger partial charge in [0.15, 0.2) is 0 Å². The van der Waals surface area contributed by atoms with E-state index in [0.29, 0.717) is 47.4 Å². The van der Waals surface area contributed by atoms with Gasteiger partial charge < -0.3 is 26.3 Å². The van der Waals surface area contributed by atoms with Crippen LogP contribution in [0, 0.1) is 5.82 Å². The molecule has 1 fully saturated rings. The third kappa shape index (κ3) is 5.37. The van der Waals surface area contributed by atoms with Gasteiger partial charge in [0.2, 0.25) is 5.91 Å². The largest absolute Gasteiger partial charge is 0.352 e. The van der Waals surface area contributed by atoms with Crippen LogP contribution in [-0.2, 0) is 4.79 Å². The van der Waals surface area contributed by atoms with Gasteiger partial charge in [-0.05, 0) is 74.5 Å². The molecule has 1 aromatic heterocycles. The first-order chi connectivity index (χ1) is 16.4. The molecular weight excluding hydrogens is 461 g/mol. The molecule has 0 saturated carbocycles. The van der Waals surface area contributed by atoms with Gasteiger partial charge in [-0.1, -0.05) is 11.6 Å². The van der Waals surface area contributed by atoms with Crippen molar-refractivity contribution >= 4 is 40.2 Å². The number of piperidine rings is 1. The van der Waals surface area contributed by atoms with E-state index in [0.717, 1.165) is 0 Å². The second-order valence-corrected chi connectivity index (χ2v) is 8.66. The molecule has 4 rings (SSSR count). The highest BCUT2D eigenvalue weighted by Crippen LogP contribution is 2.21. The molecular formula is C24H25ClFN5O3. The Labute approximate surface area is 200 Å². The molecule has 2 heterocycles. The fourth-order valence-electron chi connectivity index (χ4n) is 4.00. The summed E-state index contributed by atoms with van der Waals surface area (Å²) in [4.78, 5) is 41.3. The highest BCUT2D eigenvalue weighted by Gasteiger charge is 2.41. The molecule has 1 aliphatic heterocycles. The molecule has 0 atom stereocenters. The average molecular weight is 486 g/mol. The van der Waals surface area contributed by atoms with Crippen molar-refractivity contribution in [2.75, 3.05) is 26.2 Å².